The van der Waals surface area contributed by atoms with Crippen LogP contribution in [0.4, 0.5) is 15.9 Å². The molecule has 1 saturated heterocycles. The first kappa shape index (κ1) is 13.8. The molecule has 3 rings (SSSR count). The number of hydrogen-bond acceptors (Lipinski definition) is 4. The zero-order chi connectivity index (χ0) is 14.5. The van der Waals surface area contributed by atoms with Crippen LogP contribution in [0, 0.1) is 5.82 Å². The van der Waals surface area contributed by atoms with E-state index in [-0.39, 0.29) is 5.82 Å². The maximum Gasteiger partial charge on any atom is 0.152 e. The van der Waals surface area contributed by atoms with Gasteiger partial charge in [-0.15, -0.1) is 0 Å². The summed E-state index contributed by atoms with van der Waals surface area (Å²) in [7, 11) is 0. The molecule has 110 valence electrons. The number of anilines is 2. The number of rotatable bonds is 4. The van der Waals surface area contributed by atoms with E-state index in [2.05, 4.69) is 15.2 Å². The predicted octanol–water partition coefficient (Wildman–Crippen LogP) is 2.67. The van der Waals surface area contributed by atoms with Gasteiger partial charge in [0.15, 0.2) is 5.82 Å². The van der Waals surface area contributed by atoms with Gasteiger partial charge < -0.3 is 15.0 Å². The van der Waals surface area contributed by atoms with E-state index in [1.54, 1.807) is 18.3 Å². The third kappa shape index (κ3) is 3.31. The summed E-state index contributed by atoms with van der Waals surface area (Å²) in [5.74, 6) is 0.707. The van der Waals surface area contributed by atoms with E-state index in [4.69, 9.17) is 4.74 Å². The van der Waals surface area contributed by atoms with E-state index in [0.717, 1.165) is 24.6 Å². The van der Waals surface area contributed by atoms with Crippen LogP contribution >= 0.6 is 0 Å². The fourth-order valence-corrected chi connectivity index (χ4v) is 2.39. The van der Waals surface area contributed by atoms with Crippen LogP contribution in [0.15, 0.2) is 42.6 Å². The molecule has 1 N–H and O–H groups in total. The molecule has 0 radical (unpaired) electrons. The second kappa shape index (κ2) is 6.54. The van der Waals surface area contributed by atoms with Crippen LogP contribution in [-0.2, 0) is 11.3 Å². The summed E-state index contributed by atoms with van der Waals surface area (Å²) in [4.78, 5) is 6.64. The van der Waals surface area contributed by atoms with Gasteiger partial charge in [0.1, 0.15) is 5.82 Å². The van der Waals surface area contributed by atoms with Gasteiger partial charge in [0.2, 0.25) is 0 Å². The van der Waals surface area contributed by atoms with Crippen molar-refractivity contribution in [3.63, 3.8) is 0 Å². The van der Waals surface area contributed by atoms with Gasteiger partial charge in [0.25, 0.3) is 0 Å². The van der Waals surface area contributed by atoms with Gasteiger partial charge in [-0.2, -0.15) is 0 Å². The highest BCUT2D eigenvalue weighted by atomic mass is 19.1. The fourth-order valence-electron chi connectivity index (χ4n) is 2.39. The van der Waals surface area contributed by atoms with E-state index in [1.807, 2.05) is 18.2 Å². The Morgan fingerprint density at radius 3 is 2.76 bits per heavy atom. The van der Waals surface area contributed by atoms with E-state index >= 15 is 0 Å². The number of aromatic nitrogens is 1. The molecule has 1 aromatic carbocycles. The van der Waals surface area contributed by atoms with Crippen molar-refractivity contribution < 1.29 is 9.13 Å². The maximum atomic E-state index is 13.7. The quantitative estimate of drug-likeness (QED) is 0.938. The summed E-state index contributed by atoms with van der Waals surface area (Å²) in [6.07, 6.45) is 1.78. The van der Waals surface area contributed by atoms with Gasteiger partial charge in [0, 0.05) is 31.4 Å². The normalized spacial score (nSPS) is 15.0. The van der Waals surface area contributed by atoms with Gasteiger partial charge in [-0.3, -0.25) is 0 Å². The molecule has 2 aromatic rings. The Morgan fingerprint density at radius 2 is 1.95 bits per heavy atom. The van der Waals surface area contributed by atoms with Crippen LogP contribution < -0.4 is 10.2 Å². The first-order valence-electron chi connectivity index (χ1n) is 7.09. The molecule has 1 aliphatic rings. The van der Waals surface area contributed by atoms with Crippen molar-refractivity contribution in [2.75, 3.05) is 36.5 Å². The number of morpholine rings is 1. The van der Waals surface area contributed by atoms with Gasteiger partial charge in [0.05, 0.1) is 18.9 Å². The molecule has 0 aliphatic carbocycles. The fraction of sp³-hybridized carbons (Fsp3) is 0.312. The molecule has 5 heteroatoms. The standard InChI is InChI=1S/C16H18FN3O/c17-14-5-2-1-4-13(14)12-19-15-6-3-7-18-16(15)20-8-10-21-11-9-20/h1-7,19H,8-12H2. The molecule has 1 fully saturated rings. The average molecular weight is 287 g/mol. The topological polar surface area (TPSA) is 37.4 Å². The second-order valence-corrected chi connectivity index (χ2v) is 4.92. The van der Waals surface area contributed by atoms with Gasteiger partial charge >= 0.3 is 0 Å². The SMILES string of the molecule is Fc1ccccc1CNc1cccnc1N1CCOCC1. The summed E-state index contributed by atoms with van der Waals surface area (Å²) < 4.78 is 19.0. The van der Waals surface area contributed by atoms with E-state index in [9.17, 15) is 4.39 Å². The lowest BCUT2D eigenvalue weighted by atomic mass is 10.2. The largest absolute Gasteiger partial charge is 0.378 e. The smallest absolute Gasteiger partial charge is 0.152 e. The molecule has 0 unspecified atom stereocenters. The molecule has 1 aliphatic heterocycles. The van der Waals surface area contributed by atoms with Crippen molar-refractivity contribution in [3.05, 3.63) is 54.0 Å². The molecular formula is C16H18FN3O. The molecule has 21 heavy (non-hydrogen) atoms. The Labute approximate surface area is 123 Å². The highest BCUT2D eigenvalue weighted by Gasteiger charge is 2.15. The van der Waals surface area contributed by atoms with E-state index < -0.39 is 0 Å². The number of benzene rings is 1. The molecule has 0 amide bonds. The minimum absolute atomic E-state index is 0.193. The van der Waals surface area contributed by atoms with Crippen molar-refractivity contribution in [2.45, 2.75) is 6.54 Å². The minimum atomic E-state index is -0.193. The summed E-state index contributed by atoms with van der Waals surface area (Å²) in [5, 5.41) is 3.28. The third-order valence-corrected chi connectivity index (χ3v) is 3.52. The average Bonchev–Trinajstić information content (AvgIpc) is 2.55. The molecule has 0 bridgehead atoms. The van der Waals surface area contributed by atoms with Crippen molar-refractivity contribution in [2.24, 2.45) is 0 Å². The van der Waals surface area contributed by atoms with Crippen LogP contribution in [0.3, 0.4) is 0 Å². The van der Waals surface area contributed by atoms with E-state index in [0.29, 0.717) is 25.3 Å². The summed E-state index contributed by atoms with van der Waals surface area (Å²) in [5.41, 5.74) is 1.57. The molecule has 1 aromatic heterocycles. The van der Waals surface area contributed by atoms with Gasteiger partial charge in [-0.1, -0.05) is 18.2 Å². The molecule has 0 atom stereocenters. The Kier molecular flexibility index (Phi) is 4.31. The number of pyridine rings is 1. The lowest BCUT2D eigenvalue weighted by molar-refractivity contribution is 0.122. The number of ether oxygens (including phenoxy) is 1. The Bertz CT molecular complexity index is 600. The number of halogens is 1. The summed E-state index contributed by atoms with van der Waals surface area (Å²) in [6.45, 7) is 3.51. The molecule has 4 nitrogen and oxygen atoms in total. The molecule has 0 saturated carbocycles. The van der Waals surface area contributed by atoms with Crippen molar-refractivity contribution in [1.29, 1.82) is 0 Å². The van der Waals surface area contributed by atoms with Crippen LogP contribution in [0.5, 0.6) is 0 Å². The third-order valence-electron chi connectivity index (χ3n) is 3.52. The van der Waals surface area contributed by atoms with Crippen molar-refractivity contribution in [3.8, 4) is 0 Å². The van der Waals surface area contributed by atoms with Crippen LogP contribution in [0.1, 0.15) is 5.56 Å². The summed E-state index contributed by atoms with van der Waals surface area (Å²) >= 11 is 0. The van der Waals surface area contributed by atoms with E-state index in [1.165, 1.54) is 6.07 Å². The highest BCUT2D eigenvalue weighted by Crippen LogP contribution is 2.24. The maximum absolute atomic E-state index is 13.7. The Balaban J connectivity index is 1.74. The Morgan fingerprint density at radius 1 is 1.14 bits per heavy atom. The van der Waals surface area contributed by atoms with Crippen LogP contribution in [0.2, 0.25) is 0 Å². The van der Waals surface area contributed by atoms with Gasteiger partial charge in [-0.05, 0) is 18.2 Å². The lowest BCUT2D eigenvalue weighted by Crippen LogP contribution is -2.37. The first-order valence-corrected chi connectivity index (χ1v) is 7.09. The second-order valence-electron chi connectivity index (χ2n) is 4.92. The highest BCUT2D eigenvalue weighted by molar-refractivity contribution is 5.65. The minimum Gasteiger partial charge on any atom is -0.378 e. The summed E-state index contributed by atoms with van der Waals surface area (Å²) in [6, 6.07) is 10.6. The van der Waals surface area contributed by atoms with Crippen LogP contribution in [0.25, 0.3) is 0 Å². The lowest BCUT2D eigenvalue weighted by Gasteiger charge is -2.29. The number of nitrogens with zero attached hydrogens (tertiary/aromatic N) is 2. The predicted molar refractivity (Wildman–Crippen MR) is 81.0 cm³/mol. The number of nitrogens with one attached hydrogen (secondary N) is 1. The van der Waals surface area contributed by atoms with Crippen molar-refractivity contribution >= 4 is 11.5 Å². The monoisotopic (exact) mass is 287 g/mol. The zero-order valence-electron chi connectivity index (χ0n) is 11.8. The first-order chi connectivity index (χ1) is 10.3. The number of hydrogen-bond donors (Lipinski definition) is 1. The van der Waals surface area contributed by atoms with Gasteiger partial charge in [-0.25, -0.2) is 9.37 Å². The van der Waals surface area contributed by atoms with Crippen LogP contribution in [-0.4, -0.2) is 31.3 Å². The zero-order valence-corrected chi connectivity index (χ0v) is 11.8. The molecular weight excluding hydrogens is 269 g/mol. The van der Waals surface area contributed by atoms with Crippen molar-refractivity contribution in [1.82, 2.24) is 4.98 Å². The molecule has 2 heterocycles. The molecule has 0 spiro atoms. The Hall–Kier alpha value is -2.14.